The molecule has 0 bridgehead atoms. The number of hydrogen-bond donors (Lipinski definition) is 1. The molecular formula is C15H31NO2. The van der Waals surface area contributed by atoms with Gasteiger partial charge in [0.05, 0.1) is 13.2 Å². The van der Waals surface area contributed by atoms with E-state index in [9.17, 15) is 0 Å². The third-order valence-electron chi connectivity index (χ3n) is 3.93. The minimum atomic E-state index is 0.502. The van der Waals surface area contributed by atoms with E-state index in [1.165, 1.54) is 38.6 Å². The van der Waals surface area contributed by atoms with E-state index < -0.39 is 0 Å². The van der Waals surface area contributed by atoms with Gasteiger partial charge in [-0.2, -0.15) is 0 Å². The van der Waals surface area contributed by atoms with E-state index in [2.05, 4.69) is 19.2 Å². The summed E-state index contributed by atoms with van der Waals surface area (Å²) in [5, 5.41) is 3.64. The Kier molecular flexibility index (Phi) is 7.87. The predicted octanol–water partition coefficient (Wildman–Crippen LogP) is 2.85. The van der Waals surface area contributed by atoms with E-state index in [1.54, 1.807) is 7.11 Å². The Morgan fingerprint density at radius 3 is 2.44 bits per heavy atom. The Hall–Kier alpha value is -0.120. The van der Waals surface area contributed by atoms with Crippen LogP contribution in [0.25, 0.3) is 0 Å². The lowest BCUT2D eigenvalue weighted by atomic mass is 9.83. The second-order valence-corrected chi connectivity index (χ2v) is 6.09. The molecule has 0 spiro atoms. The van der Waals surface area contributed by atoms with Crippen LogP contribution in [0.4, 0.5) is 0 Å². The maximum Gasteiger partial charge on any atom is 0.0700 e. The lowest BCUT2D eigenvalue weighted by molar-refractivity contribution is 0.0513. The summed E-state index contributed by atoms with van der Waals surface area (Å²) in [5.74, 6) is 0.737. The second kappa shape index (κ2) is 8.89. The molecule has 1 aliphatic carbocycles. The summed E-state index contributed by atoms with van der Waals surface area (Å²) < 4.78 is 10.6. The molecule has 108 valence electrons. The Labute approximate surface area is 113 Å². The van der Waals surface area contributed by atoms with Crippen molar-refractivity contribution in [3.63, 3.8) is 0 Å². The fourth-order valence-electron chi connectivity index (χ4n) is 2.80. The van der Waals surface area contributed by atoms with Crippen molar-refractivity contribution in [2.24, 2.45) is 11.3 Å². The topological polar surface area (TPSA) is 30.5 Å². The van der Waals surface area contributed by atoms with Gasteiger partial charge in [0.25, 0.3) is 0 Å². The molecule has 0 heterocycles. The van der Waals surface area contributed by atoms with Crippen LogP contribution in [0.2, 0.25) is 0 Å². The lowest BCUT2D eigenvalue weighted by Gasteiger charge is -2.29. The predicted molar refractivity (Wildman–Crippen MR) is 75.9 cm³/mol. The molecule has 1 saturated carbocycles. The average Bonchev–Trinajstić information content (AvgIpc) is 2.77. The van der Waals surface area contributed by atoms with E-state index in [4.69, 9.17) is 9.47 Å². The first kappa shape index (κ1) is 15.9. The zero-order valence-corrected chi connectivity index (χ0v) is 12.5. The van der Waals surface area contributed by atoms with Gasteiger partial charge in [-0.25, -0.2) is 0 Å². The molecule has 0 aromatic heterocycles. The summed E-state index contributed by atoms with van der Waals surface area (Å²) in [4.78, 5) is 0. The molecular weight excluding hydrogens is 226 g/mol. The van der Waals surface area contributed by atoms with Crippen LogP contribution in [0, 0.1) is 11.3 Å². The molecule has 1 N–H and O–H groups in total. The van der Waals surface area contributed by atoms with Gasteiger partial charge in [0, 0.05) is 20.3 Å². The molecule has 0 amide bonds. The minimum absolute atomic E-state index is 0.502. The molecule has 3 nitrogen and oxygen atoms in total. The van der Waals surface area contributed by atoms with Crippen LogP contribution in [0.1, 0.15) is 46.0 Å². The SMILES string of the molecule is COCCOCCC1(CNCC(C)C)CCCC1. The van der Waals surface area contributed by atoms with Crippen molar-refractivity contribution in [2.75, 3.05) is 40.0 Å². The smallest absolute Gasteiger partial charge is 0.0700 e. The monoisotopic (exact) mass is 257 g/mol. The molecule has 0 saturated heterocycles. The summed E-state index contributed by atoms with van der Waals surface area (Å²) >= 11 is 0. The molecule has 1 rings (SSSR count). The van der Waals surface area contributed by atoms with Crippen molar-refractivity contribution < 1.29 is 9.47 Å². The van der Waals surface area contributed by atoms with Gasteiger partial charge in [0.1, 0.15) is 0 Å². The molecule has 1 fully saturated rings. The summed E-state index contributed by atoms with van der Waals surface area (Å²) in [6, 6.07) is 0. The van der Waals surface area contributed by atoms with Crippen LogP contribution in [0.5, 0.6) is 0 Å². The van der Waals surface area contributed by atoms with Crippen molar-refractivity contribution in [1.82, 2.24) is 5.32 Å². The van der Waals surface area contributed by atoms with E-state index in [1.807, 2.05) is 0 Å². The van der Waals surface area contributed by atoms with Crippen LogP contribution in [0.15, 0.2) is 0 Å². The van der Waals surface area contributed by atoms with Gasteiger partial charge in [-0.3, -0.25) is 0 Å². The van der Waals surface area contributed by atoms with Gasteiger partial charge in [-0.05, 0) is 37.1 Å². The van der Waals surface area contributed by atoms with Crippen molar-refractivity contribution in [2.45, 2.75) is 46.0 Å². The first-order chi connectivity index (χ1) is 8.68. The molecule has 3 heteroatoms. The van der Waals surface area contributed by atoms with Crippen LogP contribution in [0.3, 0.4) is 0 Å². The van der Waals surface area contributed by atoms with Crippen LogP contribution >= 0.6 is 0 Å². The largest absolute Gasteiger partial charge is 0.382 e. The lowest BCUT2D eigenvalue weighted by Crippen LogP contribution is -2.35. The number of rotatable bonds is 10. The molecule has 0 unspecified atom stereocenters. The quantitative estimate of drug-likeness (QED) is 0.610. The van der Waals surface area contributed by atoms with Gasteiger partial charge in [0.2, 0.25) is 0 Å². The highest BCUT2D eigenvalue weighted by Gasteiger charge is 2.32. The number of methoxy groups -OCH3 is 1. The van der Waals surface area contributed by atoms with Gasteiger partial charge in [0.15, 0.2) is 0 Å². The van der Waals surface area contributed by atoms with E-state index >= 15 is 0 Å². The third-order valence-corrected chi connectivity index (χ3v) is 3.93. The van der Waals surface area contributed by atoms with Crippen molar-refractivity contribution in [3.8, 4) is 0 Å². The van der Waals surface area contributed by atoms with Gasteiger partial charge in [-0.15, -0.1) is 0 Å². The third kappa shape index (κ3) is 6.17. The molecule has 1 aliphatic rings. The highest BCUT2D eigenvalue weighted by atomic mass is 16.5. The Morgan fingerprint density at radius 2 is 1.83 bits per heavy atom. The van der Waals surface area contributed by atoms with E-state index in [0.717, 1.165) is 25.7 Å². The maximum absolute atomic E-state index is 5.64. The normalized spacial score (nSPS) is 18.7. The van der Waals surface area contributed by atoms with E-state index in [0.29, 0.717) is 12.0 Å². The molecule has 0 atom stereocenters. The maximum atomic E-state index is 5.64. The molecule has 0 aromatic rings. The minimum Gasteiger partial charge on any atom is -0.382 e. The summed E-state index contributed by atoms with van der Waals surface area (Å²) in [5.41, 5.74) is 0.502. The van der Waals surface area contributed by atoms with Gasteiger partial charge >= 0.3 is 0 Å². The molecule has 0 radical (unpaired) electrons. The van der Waals surface area contributed by atoms with Crippen LogP contribution < -0.4 is 5.32 Å². The highest BCUT2D eigenvalue weighted by Crippen LogP contribution is 2.40. The van der Waals surface area contributed by atoms with Gasteiger partial charge < -0.3 is 14.8 Å². The number of nitrogens with one attached hydrogen (secondary N) is 1. The van der Waals surface area contributed by atoms with Gasteiger partial charge in [-0.1, -0.05) is 26.7 Å². The van der Waals surface area contributed by atoms with Crippen LogP contribution in [-0.2, 0) is 9.47 Å². The number of hydrogen-bond acceptors (Lipinski definition) is 3. The Morgan fingerprint density at radius 1 is 1.11 bits per heavy atom. The van der Waals surface area contributed by atoms with Crippen molar-refractivity contribution in [1.29, 1.82) is 0 Å². The summed E-state index contributed by atoms with van der Waals surface area (Å²) in [7, 11) is 1.72. The highest BCUT2D eigenvalue weighted by molar-refractivity contribution is 4.86. The molecule has 18 heavy (non-hydrogen) atoms. The molecule has 0 aromatic carbocycles. The van der Waals surface area contributed by atoms with Crippen molar-refractivity contribution >= 4 is 0 Å². The number of ether oxygens (including phenoxy) is 2. The zero-order valence-electron chi connectivity index (χ0n) is 12.5. The Balaban J connectivity index is 2.20. The molecule has 0 aliphatic heterocycles. The fraction of sp³-hybridized carbons (Fsp3) is 1.00. The second-order valence-electron chi connectivity index (χ2n) is 6.09. The van der Waals surface area contributed by atoms with Crippen molar-refractivity contribution in [3.05, 3.63) is 0 Å². The van der Waals surface area contributed by atoms with E-state index in [-0.39, 0.29) is 0 Å². The zero-order chi connectivity index (χ0) is 13.3. The average molecular weight is 257 g/mol. The standard InChI is InChI=1S/C15H31NO2/c1-14(2)12-16-13-15(6-4-5-7-15)8-9-18-11-10-17-3/h14,16H,4-13H2,1-3H3. The summed E-state index contributed by atoms with van der Waals surface area (Å²) in [6.07, 6.45) is 6.71. The Bertz CT molecular complexity index is 201. The summed E-state index contributed by atoms with van der Waals surface area (Å²) in [6.45, 7) is 9.15. The first-order valence-corrected chi connectivity index (χ1v) is 7.46. The van der Waals surface area contributed by atoms with Crippen LogP contribution in [-0.4, -0.2) is 40.0 Å². The first-order valence-electron chi connectivity index (χ1n) is 7.46. The fourth-order valence-corrected chi connectivity index (χ4v) is 2.80.